The standard InChI is InChI=1S/C15H21NO2S/c1-10(13-6-4-8-18-13)16-15(17)12-9-19-14-7-3-2-5-11(12)14/h9-10,13H,2-8H2,1H3,(H,16,17)/t10-,13-/m1/s1. The molecule has 0 radical (unpaired) electrons. The first-order valence-electron chi connectivity index (χ1n) is 7.27. The van der Waals surface area contributed by atoms with Crippen LogP contribution >= 0.6 is 11.3 Å². The first-order valence-corrected chi connectivity index (χ1v) is 8.15. The van der Waals surface area contributed by atoms with E-state index in [1.807, 2.05) is 12.3 Å². The van der Waals surface area contributed by atoms with Crippen LogP contribution in [0, 0.1) is 0 Å². The summed E-state index contributed by atoms with van der Waals surface area (Å²) in [5.41, 5.74) is 2.21. The van der Waals surface area contributed by atoms with Crippen LogP contribution in [0.1, 0.15) is 53.4 Å². The molecule has 3 rings (SSSR count). The van der Waals surface area contributed by atoms with Gasteiger partial charge in [0.2, 0.25) is 0 Å². The quantitative estimate of drug-likeness (QED) is 0.924. The number of carbonyl (C=O) groups is 1. The fourth-order valence-corrected chi connectivity index (χ4v) is 4.18. The van der Waals surface area contributed by atoms with Gasteiger partial charge in [-0.25, -0.2) is 0 Å². The molecular weight excluding hydrogens is 258 g/mol. The number of nitrogens with one attached hydrogen (secondary N) is 1. The molecule has 1 aromatic heterocycles. The second-order valence-electron chi connectivity index (χ2n) is 5.57. The van der Waals surface area contributed by atoms with Crippen LogP contribution < -0.4 is 5.32 Å². The summed E-state index contributed by atoms with van der Waals surface area (Å²) < 4.78 is 5.63. The van der Waals surface area contributed by atoms with Gasteiger partial charge in [0.05, 0.1) is 17.7 Å². The number of rotatable bonds is 3. The van der Waals surface area contributed by atoms with Crippen LogP contribution in [0.2, 0.25) is 0 Å². The largest absolute Gasteiger partial charge is 0.376 e. The third-order valence-electron chi connectivity index (χ3n) is 4.19. The molecule has 1 fully saturated rings. The highest BCUT2D eigenvalue weighted by Gasteiger charge is 2.26. The highest BCUT2D eigenvalue weighted by atomic mass is 32.1. The average molecular weight is 279 g/mol. The van der Waals surface area contributed by atoms with Crippen molar-refractivity contribution in [1.29, 1.82) is 0 Å². The monoisotopic (exact) mass is 279 g/mol. The van der Waals surface area contributed by atoms with E-state index < -0.39 is 0 Å². The minimum absolute atomic E-state index is 0.0856. The molecule has 1 aliphatic carbocycles. The zero-order valence-electron chi connectivity index (χ0n) is 11.4. The minimum atomic E-state index is 0.0856. The smallest absolute Gasteiger partial charge is 0.252 e. The number of carbonyl (C=O) groups excluding carboxylic acids is 1. The van der Waals surface area contributed by atoms with Crippen molar-refractivity contribution in [2.75, 3.05) is 6.61 Å². The molecule has 4 heteroatoms. The fourth-order valence-electron chi connectivity index (χ4n) is 3.06. The molecule has 104 valence electrons. The van der Waals surface area contributed by atoms with Crippen molar-refractivity contribution in [1.82, 2.24) is 5.32 Å². The van der Waals surface area contributed by atoms with E-state index in [-0.39, 0.29) is 18.1 Å². The van der Waals surface area contributed by atoms with E-state index in [0.717, 1.165) is 37.9 Å². The number of amides is 1. The molecule has 1 aromatic rings. The van der Waals surface area contributed by atoms with Crippen LogP contribution in [0.15, 0.2) is 5.38 Å². The van der Waals surface area contributed by atoms with Gasteiger partial charge in [0.15, 0.2) is 0 Å². The molecule has 3 nitrogen and oxygen atoms in total. The van der Waals surface area contributed by atoms with Crippen molar-refractivity contribution in [3.05, 3.63) is 21.4 Å². The van der Waals surface area contributed by atoms with Crippen LogP contribution in [-0.4, -0.2) is 24.7 Å². The van der Waals surface area contributed by atoms with Crippen LogP contribution in [0.25, 0.3) is 0 Å². The summed E-state index contributed by atoms with van der Waals surface area (Å²) >= 11 is 1.75. The lowest BCUT2D eigenvalue weighted by atomic mass is 9.95. The van der Waals surface area contributed by atoms with Crippen molar-refractivity contribution in [3.63, 3.8) is 0 Å². The second-order valence-corrected chi connectivity index (χ2v) is 6.54. The Morgan fingerprint density at radius 1 is 1.42 bits per heavy atom. The zero-order valence-corrected chi connectivity index (χ0v) is 12.2. The molecule has 0 spiro atoms. The average Bonchev–Trinajstić information content (AvgIpc) is 3.08. The topological polar surface area (TPSA) is 38.3 Å². The number of ether oxygens (including phenoxy) is 1. The Balaban J connectivity index is 1.68. The molecule has 1 amide bonds. The van der Waals surface area contributed by atoms with Crippen molar-refractivity contribution in [2.45, 2.75) is 57.6 Å². The van der Waals surface area contributed by atoms with Crippen molar-refractivity contribution < 1.29 is 9.53 Å². The van der Waals surface area contributed by atoms with Gasteiger partial charge in [0.1, 0.15) is 0 Å². The number of aryl methyl sites for hydroxylation is 1. The van der Waals surface area contributed by atoms with E-state index in [2.05, 4.69) is 5.32 Å². The highest BCUT2D eigenvalue weighted by molar-refractivity contribution is 7.10. The molecule has 0 saturated carbocycles. The normalized spacial score (nSPS) is 23.9. The third kappa shape index (κ3) is 2.70. The van der Waals surface area contributed by atoms with Crippen LogP contribution in [-0.2, 0) is 17.6 Å². The van der Waals surface area contributed by atoms with Crippen LogP contribution in [0.3, 0.4) is 0 Å². The number of hydrogen-bond acceptors (Lipinski definition) is 3. The molecule has 1 aliphatic heterocycles. The maximum absolute atomic E-state index is 12.4. The van der Waals surface area contributed by atoms with Crippen molar-refractivity contribution >= 4 is 17.2 Å². The third-order valence-corrected chi connectivity index (χ3v) is 5.28. The summed E-state index contributed by atoms with van der Waals surface area (Å²) in [5.74, 6) is 0.0856. The van der Waals surface area contributed by atoms with Gasteiger partial charge in [0.25, 0.3) is 5.91 Å². The summed E-state index contributed by atoms with van der Waals surface area (Å²) in [4.78, 5) is 13.8. The van der Waals surface area contributed by atoms with Gasteiger partial charge in [-0.3, -0.25) is 4.79 Å². The Kier molecular flexibility index (Phi) is 3.89. The summed E-state index contributed by atoms with van der Waals surface area (Å²) in [5, 5.41) is 5.15. The molecule has 2 atom stereocenters. The molecule has 2 aliphatic rings. The van der Waals surface area contributed by atoms with Crippen molar-refractivity contribution in [3.8, 4) is 0 Å². The predicted molar refractivity (Wildman–Crippen MR) is 76.9 cm³/mol. The zero-order chi connectivity index (χ0) is 13.2. The Morgan fingerprint density at radius 2 is 2.26 bits per heavy atom. The Bertz CT molecular complexity index is 463. The summed E-state index contributed by atoms with van der Waals surface area (Å²) in [6, 6.07) is 0.106. The van der Waals surface area contributed by atoms with Crippen molar-refractivity contribution in [2.24, 2.45) is 0 Å². The lowest BCUT2D eigenvalue weighted by molar-refractivity contribution is 0.0712. The molecular formula is C15H21NO2S. The highest BCUT2D eigenvalue weighted by Crippen LogP contribution is 2.30. The summed E-state index contributed by atoms with van der Waals surface area (Å²) in [6.45, 7) is 2.88. The van der Waals surface area contributed by atoms with Gasteiger partial charge < -0.3 is 10.1 Å². The molecule has 2 heterocycles. The summed E-state index contributed by atoms with van der Waals surface area (Å²) in [6.07, 6.45) is 7.05. The Labute approximate surface area is 118 Å². The maximum atomic E-state index is 12.4. The lowest BCUT2D eigenvalue weighted by Crippen LogP contribution is -2.41. The maximum Gasteiger partial charge on any atom is 0.252 e. The Morgan fingerprint density at radius 3 is 3.05 bits per heavy atom. The van der Waals surface area contributed by atoms with E-state index >= 15 is 0 Å². The Hall–Kier alpha value is -0.870. The van der Waals surface area contributed by atoms with E-state index in [4.69, 9.17) is 4.74 Å². The number of thiophene rings is 1. The second kappa shape index (κ2) is 5.63. The van der Waals surface area contributed by atoms with Crippen LogP contribution in [0.5, 0.6) is 0 Å². The first-order chi connectivity index (χ1) is 9.25. The summed E-state index contributed by atoms with van der Waals surface area (Å²) in [7, 11) is 0. The molecule has 0 aromatic carbocycles. The molecule has 0 unspecified atom stereocenters. The first kappa shape index (κ1) is 13.1. The predicted octanol–water partition coefficient (Wildman–Crippen LogP) is 2.92. The molecule has 0 bridgehead atoms. The van der Waals surface area contributed by atoms with Gasteiger partial charge >= 0.3 is 0 Å². The van der Waals surface area contributed by atoms with Gasteiger partial charge in [-0.1, -0.05) is 0 Å². The fraction of sp³-hybridized carbons (Fsp3) is 0.667. The van der Waals surface area contributed by atoms with Crippen LogP contribution in [0.4, 0.5) is 0 Å². The minimum Gasteiger partial charge on any atom is -0.376 e. The SMILES string of the molecule is C[C@@H](NC(=O)c1csc2c1CCCC2)[C@H]1CCCO1. The van der Waals surface area contributed by atoms with Gasteiger partial charge in [-0.05, 0) is 51.0 Å². The van der Waals surface area contributed by atoms with E-state index in [1.165, 1.54) is 23.3 Å². The van der Waals surface area contributed by atoms with E-state index in [9.17, 15) is 4.79 Å². The number of hydrogen-bond donors (Lipinski definition) is 1. The molecule has 1 N–H and O–H groups in total. The van der Waals surface area contributed by atoms with E-state index in [1.54, 1.807) is 11.3 Å². The number of fused-ring (bicyclic) bond motifs is 1. The van der Waals surface area contributed by atoms with E-state index in [0.29, 0.717) is 0 Å². The lowest BCUT2D eigenvalue weighted by Gasteiger charge is -2.20. The van der Waals surface area contributed by atoms with Gasteiger partial charge in [0, 0.05) is 16.9 Å². The van der Waals surface area contributed by atoms with Gasteiger partial charge in [-0.2, -0.15) is 0 Å². The van der Waals surface area contributed by atoms with Gasteiger partial charge in [-0.15, -0.1) is 11.3 Å². The molecule has 19 heavy (non-hydrogen) atoms. The molecule has 1 saturated heterocycles.